The number of hydrogen-bond donors (Lipinski definition) is 3. The number of rotatable bonds is 8. The minimum Gasteiger partial charge on any atom is -0.481 e. The van der Waals surface area contributed by atoms with Crippen LogP contribution in [0.1, 0.15) is 16.8 Å². The summed E-state index contributed by atoms with van der Waals surface area (Å²) >= 11 is 0. The topological polar surface area (TPSA) is 145 Å². The van der Waals surface area contributed by atoms with E-state index < -0.39 is 48.9 Å². The first-order valence-electron chi connectivity index (χ1n) is 6.93. The standard InChI is InChI=1S/C15H18N2O7/c1-23-15(22)11(17-13(20)10(16)7-12(18)19)8-24-14(21)9-5-3-2-4-6-9/h2-6,10-11H,7-8,16H2,1H3,(H,17,20)(H,18,19)/t10-,11-/m1/s1. The van der Waals surface area contributed by atoms with Crippen LogP contribution in [-0.4, -0.2) is 54.7 Å². The second-order valence-corrected chi connectivity index (χ2v) is 4.75. The lowest BCUT2D eigenvalue weighted by Crippen LogP contribution is -2.51. The molecule has 24 heavy (non-hydrogen) atoms. The second-order valence-electron chi connectivity index (χ2n) is 4.75. The number of benzene rings is 1. The predicted octanol–water partition coefficient (Wildman–Crippen LogP) is -0.697. The van der Waals surface area contributed by atoms with Crippen molar-refractivity contribution < 1.29 is 33.8 Å². The van der Waals surface area contributed by atoms with E-state index in [9.17, 15) is 19.2 Å². The highest BCUT2D eigenvalue weighted by molar-refractivity contribution is 5.91. The molecule has 0 radical (unpaired) electrons. The molecule has 4 N–H and O–H groups in total. The van der Waals surface area contributed by atoms with Gasteiger partial charge in [0.05, 0.1) is 25.1 Å². The normalized spacial score (nSPS) is 12.6. The van der Waals surface area contributed by atoms with Crippen LogP contribution in [0.2, 0.25) is 0 Å². The van der Waals surface area contributed by atoms with Gasteiger partial charge in [-0.1, -0.05) is 18.2 Å². The summed E-state index contributed by atoms with van der Waals surface area (Å²) in [7, 11) is 1.09. The van der Waals surface area contributed by atoms with Gasteiger partial charge in [-0.05, 0) is 12.1 Å². The lowest BCUT2D eigenvalue weighted by atomic mass is 10.2. The first-order chi connectivity index (χ1) is 11.3. The molecule has 0 aliphatic heterocycles. The maximum Gasteiger partial charge on any atom is 0.338 e. The lowest BCUT2D eigenvalue weighted by Gasteiger charge is -2.18. The number of ether oxygens (including phenoxy) is 2. The van der Waals surface area contributed by atoms with Crippen LogP contribution in [0.3, 0.4) is 0 Å². The van der Waals surface area contributed by atoms with Crippen molar-refractivity contribution in [2.75, 3.05) is 13.7 Å². The fourth-order valence-electron chi connectivity index (χ4n) is 1.69. The first-order valence-corrected chi connectivity index (χ1v) is 6.93. The third kappa shape index (κ3) is 6.05. The first kappa shape index (κ1) is 19.1. The molecule has 9 heteroatoms. The Kier molecular flexibility index (Phi) is 7.37. The van der Waals surface area contributed by atoms with Gasteiger partial charge in [0.15, 0.2) is 6.04 Å². The molecule has 1 rings (SSSR count). The fourth-order valence-corrected chi connectivity index (χ4v) is 1.69. The number of carboxylic acid groups (broad SMARTS) is 1. The monoisotopic (exact) mass is 338 g/mol. The van der Waals surface area contributed by atoms with E-state index >= 15 is 0 Å². The largest absolute Gasteiger partial charge is 0.481 e. The summed E-state index contributed by atoms with van der Waals surface area (Å²) in [5.41, 5.74) is 5.68. The van der Waals surface area contributed by atoms with Crippen LogP contribution < -0.4 is 11.1 Å². The molecule has 130 valence electrons. The molecule has 9 nitrogen and oxygen atoms in total. The van der Waals surface area contributed by atoms with Crippen molar-refractivity contribution in [3.8, 4) is 0 Å². The molecule has 0 fully saturated rings. The van der Waals surface area contributed by atoms with Gasteiger partial charge in [0.1, 0.15) is 6.61 Å². The summed E-state index contributed by atoms with van der Waals surface area (Å²) in [6, 6.07) is 5.41. The van der Waals surface area contributed by atoms with Crippen LogP contribution >= 0.6 is 0 Å². The van der Waals surface area contributed by atoms with Gasteiger partial charge in [0, 0.05) is 0 Å². The molecule has 1 amide bonds. The van der Waals surface area contributed by atoms with Gasteiger partial charge in [-0.15, -0.1) is 0 Å². The molecule has 0 aliphatic carbocycles. The summed E-state index contributed by atoms with van der Waals surface area (Å²) < 4.78 is 9.47. The molecule has 0 saturated carbocycles. The van der Waals surface area contributed by atoms with Crippen LogP contribution in [0.15, 0.2) is 30.3 Å². The van der Waals surface area contributed by atoms with Gasteiger partial charge >= 0.3 is 17.9 Å². The third-order valence-electron chi connectivity index (χ3n) is 2.92. The van der Waals surface area contributed by atoms with Crippen LogP contribution in [0.4, 0.5) is 0 Å². The van der Waals surface area contributed by atoms with Crippen molar-refractivity contribution in [3.63, 3.8) is 0 Å². The summed E-state index contributed by atoms with van der Waals surface area (Å²) in [5, 5.41) is 10.8. The summed E-state index contributed by atoms with van der Waals surface area (Å²) in [4.78, 5) is 45.8. The van der Waals surface area contributed by atoms with E-state index in [1.54, 1.807) is 18.2 Å². The number of nitrogens with one attached hydrogen (secondary N) is 1. The van der Waals surface area contributed by atoms with E-state index in [4.69, 9.17) is 15.6 Å². The molecule has 0 bridgehead atoms. The molecule has 0 aliphatic rings. The third-order valence-corrected chi connectivity index (χ3v) is 2.92. The van der Waals surface area contributed by atoms with Gasteiger partial charge in [-0.25, -0.2) is 9.59 Å². The zero-order valence-electron chi connectivity index (χ0n) is 12.9. The number of aliphatic carboxylic acids is 1. The number of carboxylic acids is 1. The molecule has 0 unspecified atom stereocenters. The minimum atomic E-state index is -1.35. The van der Waals surface area contributed by atoms with Crippen molar-refractivity contribution in [3.05, 3.63) is 35.9 Å². The lowest BCUT2D eigenvalue weighted by molar-refractivity contribution is -0.146. The Morgan fingerprint density at radius 3 is 2.38 bits per heavy atom. The highest BCUT2D eigenvalue weighted by Gasteiger charge is 2.27. The van der Waals surface area contributed by atoms with E-state index in [0.717, 1.165) is 7.11 Å². The van der Waals surface area contributed by atoms with E-state index in [-0.39, 0.29) is 5.56 Å². The average Bonchev–Trinajstić information content (AvgIpc) is 2.57. The molecular formula is C15H18N2O7. The van der Waals surface area contributed by atoms with E-state index in [1.165, 1.54) is 12.1 Å². The van der Waals surface area contributed by atoms with E-state index in [0.29, 0.717) is 0 Å². The van der Waals surface area contributed by atoms with Crippen molar-refractivity contribution in [2.24, 2.45) is 5.73 Å². The summed E-state index contributed by atoms with van der Waals surface area (Å²) in [5.74, 6) is -3.67. The van der Waals surface area contributed by atoms with E-state index in [2.05, 4.69) is 10.1 Å². The van der Waals surface area contributed by atoms with Crippen LogP contribution in [0.25, 0.3) is 0 Å². The van der Waals surface area contributed by atoms with E-state index in [1.807, 2.05) is 0 Å². The number of esters is 2. The number of nitrogens with two attached hydrogens (primary N) is 1. The van der Waals surface area contributed by atoms with Crippen LogP contribution in [-0.2, 0) is 23.9 Å². The molecule has 1 aromatic carbocycles. The van der Waals surface area contributed by atoms with Gasteiger partial charge in [-0.3, -0.25) is 9.59 Å². The molecule has 0 saturated heterocycles. The fraction of sp³-hybridized carbons (Fsp3) is 0.333. The number of methoxy groups -OCH3 is 1. The van der Waals surface area contributed by atoms with Crippen molar-refractivity contribution in [2.45, 2.75) is 18.5 Å². The highest BCUT2D eigenvalue weighted by Crippen LogP contribution is 2.02. The Morgan fingerprint density at radius 1 is 1.21 bits per heavy atom. The number of amides is 1. The zero-order valence-corrected chi connectivity index (χ0v) is 12.9. The maximum atomic E-state index is 11.8. The van der Waals surface area contributed by atoms with Crippen LogP contribution in [0, 0.1) is 0 Å². The summed E-state index contributed by atoms with van der Waals surface area (Å²) in [6.45, 7) is -0.480. The maximum absolute atomic E-state index is 11.8. The van der Waals surface area contributed by atoms with Crippen LogP contribution in [0.5, 0.6) is 0 Å². The molecule has 2 atom stereocenters. The van der Waals surface area contributed by atoms with Gasteiger partial charge < -0.3 is 25.6 Å². The van der Waals surface area contributed by atoms with Crippen molar-refractivity contribution in [1.29, 1.82) is 0 Å². The molecular weight excluding hydrogens is 320 g/mol. The Hall–Kier alpha value is -2.94. The SMILES string of the molecule is COC(=O)[C@@H](COC(=O)c1ccccc1)NC(=O)[C@H](N)CC(=O)O. The number of carbonyl (C=O) groups is 4. The average molecular weight is 338 g/mol. The Bertz CT molecular complexity index is 603. The Labute approximate surface area is 137 Å². The molecule has 1 aromatic rings. The van der Waals surface area contributed by atoms with Gasteiger partial charge in [0.25, 0.3) is 0 Å². The Morgan fingerprint density at radius 2 is 1.83 bits per heavy atom. The molecule has 0 aromatic heterocycles. The van der Waals surface area contributed by atoms with Gasteiger partial charge in [-0.2, -0.15) is 0 Å². The molecule has 0 spiro atoms. The minimum absolute atomic E-state index is 0.273. The highest BCUT2D eigenvalue weighted by atomic mass is 16.5. The number of hydrogen-bond acceptors (Lipinski definition) is 7. The van der Waals surface area contributed by atoms with Crippen molar-refractivity contribution >= 4 is 23.8 Å². The zero-order chi connectivity index (χ0) is 18.1. The predicted molar refractivity (Wildman–Crippen MR) is 80.9 cm³/mol. The number of carbonyl (C=O) groups excluding carboxylic acids is 3. The quantitative estimate of drug-likeness (QED) is 0.528. The van der Waals surface area contributed by atoms with Gasteiger partial charge in [0.2, 0.25) is 5.91 Å². The summed E-state index contributed by atoms with van der Waals surface area (Å²) in [6.07, 6.45) is -0.608. The molecule has 0 heterocycles. The smallest absolute Gasteiger partial charge is 0.338 e. The second kappa shape index (κ2) is 9.26. The Balaban J connectivity index is 2.66. The van der Waals surface area contributed by atoms with Crippen molar-refractivity contribution in [1.82, 2.24) is 5.32 Å².